The summed E-state index contributed by atoms with van der Waals surface area (Å²) in [5.74, 6) is 0. The van der Waals surface area contributed by atoms with Gasteiger partial charge in [0.15, 0.2) is 0 Å². The van der Waals surface area contributed by atoms with Crippen molar-refractivity contribution in [3.63, 3.8) is 0 Å². The highest BCUT2D eigenvalue weighted by molar-refractivity contribution is 5.65. The van der Waals surface area contributed by atoms with Crippen molar-refractivity contribution in [2.75, 3.05) is 6.54 Å². The number of rotatable bonds is 2. The van der Waals surface area contributed by atoms with Gasteiger partial charge in [0, 0.05) is 12.2 Å². The van der Waals surface area contributed by atoms with Crippen molar-refractivity contribution in [1.82, 2.24) is 0 Å². The molecule has 0 saturated carbocycles. The molecule has 4 N–H and O–H groups in total. The standard InChI is InChI=1S/C4H8N2O/c5-3-4(6)1-2-7/h1-2H,3,5-6H2. The second kappa shape index (κ2) is 3.36. The quantitative estimate of drug-likeness (QED) is 0.345. The molecule has 3 heteroatoms. The van der Waals surface area contributed by atoms with Gasteiger partial charge >= 0.3 is 0 Å². The largest absolute Gasteiger partial charge is 0.401 e. The van der Waals surface area contributed by atoms with E-state index in [0.717, 1.165) is 0 Å². The second-order valence-electron chi connectivity index (χ2n) is 1.08. The Balaban J connectivity index is 3.49. The van der Waals surface area contributed by atoms with E-state index in [1.807, 2.05) is 0 Å². The summed E-state index contributed by atoms with van der Waals surface area (Å²) in [6.07, 6.45) is 1.85. The average molecular weight is 100 g/mol. The Hall–Kier alpha value is -0.830. The molecule has 0 heterocycles. The minimum atomic E-state index is 0.249. The number of carbonyl (C=O) groups excluding carboxylic acids is 1. The SMILES string of the molecule is NCC(N)=CC=O. The Kier molecular flexibility index (Phi) is 2.96. The van der Waals surface area contributed by atoms with Crippen molar-refractivity contribution >= 4 is 6.29 Å². The zero-order valence-electron chi connectivity index (χ0n) is 3.92. The molecule has 0 aromatic rings. The van der Waals surface area contributed by atoms with Crippen molar-refractivity contribution in [2.45, 2.75) is 0 Å². The molecule has 0 aliphatic carbocycles. The van der Waals surface area contributed by atoms with E-state index in [1.165, 1.54) is 6.08 Å². The van der Waals surface area contributed by atoms with Gasteiger partial charge in [0.1, 0.15) is 6.29 Å². The molecule has 7 heavy (non-hydrogen) atoms. The third-order valence-electron chi connectivity index (χ3n) is 0.518. The van der Waals surface area contributed by atoms with Gasteiger partial charge in [0.2, 0.25) is 0 Å². The summed E-state index contributed by atoms with van der Waals surface area (Å²) in [5.41, 5.74) is 10.5. The average Bonchev–Trinajstić information content (AvgIpc) is 1.68. The highest BCUT2D eigenvalue weighted by Crippen LogP contribution is 1.70. The Morgan fingerprint density at radius 1 is 1.71 bits per heavy atom. The third kappa shape index (κ3) is 2.99. The van der Waals surface area contributed by atoms with Crippen LogP contribution in [0.3, 0.4) is 0 Å². The second-order valence-corrected chi connectivity index (χ2v) is 1.08. The summed E-state index contributed by atoms with van der Waals surface area (Å²) < 4.78 is 0. The molecular weight excluding hydrogens is 92.1 g/mol. The number of allylic oxidation sites excluding steroid dienone is 1. The van der Waals surface area contributed by atoms with Gasteiger partial charge in [-0.2, -0.15) is 0 Å². The molecule has 3 nitrogen and oxygen atoms in total. The Bertz CT molecular complexity index is 87.7. The van der Waals surface area contributed by atoms with Gasteiger partial charge in [-0.3, -0.25) is 4.79 Å². The first-order valence-electron chi connectivity index (χ1n) is 1.91. The summed E-state index contributed by atoms with van der Waals surface area (Å²) in [5, 5.41) is 0. The van der Waals surface area contributed by atoms with E-state index in [9.17, 15) is 4.79 Å². The lowest BCUT2D eigenvalue weighted by molar-refractivity contribution is -0.104. The normalized spacial score (nSPS) is 11.3. The van der Waals surface area contributed by atoms with Crippen LogP contribution in [0, 0.1) is 0 Å². The minimum absolute atomic E-state index is 0.249. The smallest absolute Gasteiger partial charge is 0.144 e. The lowest BCUT2D eigenvalue weighted by Gasteiger charge is -1.86. The lowest BCUT2D eigenvalue weighted by atomic mass is 10.4. The van der Waals surface area contributed by atoms with Crippen LogP contribution in [-0.2, 0) is 4.79 Å². The Morgan fingerprint density at radius 3 is 2.43 bits per heavy atom. The Morgan fingerprint density at radius 2 is 2.29 bits per heavy atom. The van der Waals surface area contributed by atoms with Crippen LogP contribution >= 0.6 is 0 Å². The van der Waals surface area contributed by atoms with Gasteiger partial charge in [-0.15, -0.1) is 0 Å². The van der Waals surface area contributed by atoms with Crippen LogP contribution in [0.1, 0.15) is 0 Å². The topological polar surface area (TPSA) is 69.1 Å². The Labute approximate surface area is 42.0 Å². The van der Waals surface area contributed by atoms with Gasteiger partial charge in [0.25, 0.3) is 0 Å². The van der Waals surface area contributed by atoms with Crippen LogP contribution < -0.4 is 11.5 Å². The predicted octanol–water partition coefficient (Wildman–Crippen LogP) is -1.01. The van der Waals surface area contributed by atoms with Crippen LogP contribution in [0.25, 0.3) is 0 Å². The van der Waals surface area contributed by atoms with Gasteiger partial charge in [-0.25, -0.2) is 0 Å². The van der Waals surface area contributed by atoms with Crippen molar-refractivity contribution in [3.8, 4) is 0 Å². The number of hydrogen-bond acceptors (Lipinski definition) is 3. The first-order valence-corrected chi connectivity index (χ1v) is 1.91. The molecule has 0 aromatic carbocycles. The molecule has 40 valence electrons. The maximum Gasteiger partial charge on any atom is 0.144 e. The van der Waals surface area contributed by atoms with Crippen molar-refractivity contribution in [3.05, 3.63) is 11.8 Å². The summed E-state index contributed by atoms with van der Waals surface area (Å²) in [7, 11) is 0. The molecule has 0 atom stereocenters. The zero-order chi connectivity index (χ0) is 5.70. The first kappa shape index (κ1) is 6.17. The molecule has 0 aliphatic rings. The zero-order valence-corrected chi connectivity index (χ0v) is 3.92. The van der Waals surface area contributed by atoms with E-state index >= 15 is 0 Å². The van der Waals surface area contributed by atoms with E-state index in [2.05, 4.69) is 0 Å². The number of nitrogens with two attached hydrogens (primary N) is 2. The maximum atomic E-state index is 9.56. The lowest BCUT2D eigenvalue weighted by Crippen LogP contribution is -2.10. The van der Waals surface area contributed by atoms with Crippen LogP contribution in [0.5, 0.6) is 0 Å². The monoisotopic (exact) mass is 100 g/mol. The molecular formula is C4H8N2O. The van der Waals surface area contributed by atoms with Crippen LogP contribution in [-0.4, -0.2) is 12.8 Å². The van der Waals surface area contributed by atoms with E-state index in [1.54, 1.807) is 0 Å². The predicted molar refractivity (Wildman–Crippen MR) is 27.4 cm³/mol. The molecule has 0 aliphatic heterocycles. The van der Waals surface area contributed by atoms with Crippen LogP contribution in [0.15, 0.2) is 11.8 Å². The van der Waals surface area contributed by atoms with Crippen molar-refractivity contribution in [1.29, 1.82) is 0 Å². The van der Waals surface area contributed by atoms with Gasteiger partial charge in [-0.1, -0.05) is 0 Å². The van der Waals surface area contributed by atoms with Gasteiger partial charge < -0.3 is 11.5 Å². The number of aldehydes is 1. The van der Waals surface area contributed by atoms with Crippen LogP contribution in [0.2, 0.25) is 0 Å². The molecule has 0 amide bonds. The molecule has 0 aromatic heterocycles. The highest BCUT2D eigenvalue weighted by atomic mass is 16.1. The van der Waals surface area contributed by atoms with Gasteiger partial charge in [0.05, 0.1) is 0 Å². The third-order valence-corrected chi connectivity index (χ3v) is 0.518. The van der Waals surface area contributed by atoms with Crippen molar-refractivity contribution in [2.24, 2.45) is 11.5 Å². The van der Waals surface area contributed by atoms with E-state index in [0.29, 0.717) is 12.0 Å². The highest BCUT2D eigenvalue weighted by Gasteiger charge is 1.77. The molecule has 0 fully saturated rings. The van der Waals surface area contributed by atoms with Gasteiger partial charge in [-0.05, 0) is 6.08 Å². The number of hydrogen-bond donors (Lipinski definition) is 2. The molecule has 0 unspecified atom stereocenters. The van der Waals surface area contributed by atoms with E-state index in [-0.39, 0.29) is 6.54 Å². The molecule has 0 saturated heterocycles. The van der Waals surface area contributed by atoms with E-state index < -0.39 is 0 Å². The molecule has 0 rings (SSSR count). The molecule has 0 bridgehead atoms. The van der Waals surface area contributed by atoms with E-state index in [4.69, 9.17) is 11.5 Å². The maximum absolute atomic E-state index is 9.56. The molecule has 0 radical (unpaired) electrons. The summed E-state index contributed by atoms with van der Waals surface area (Å²) >= 11 is 0. The minimum Gasteiger partial charge on any atom is -0.401 e. The summed E-state index contributed by atoms with van der Waals surface area (Å²) in [6.45, 7) is 0.249. The molecule has 0 spiro atoms. The number of carbonyl (C=O) groups is 1. The fourth-order valence-corrected chi connectivity index (χ4v) is 0.155. The summed E-state index contributed by atoms with van der Waals surface area (Å²) in [4.78, 5) is 9.56. The van der Waals surface area contributed by atoms with Crippen LogP contribution in [0.4, 0.5) is 0 Å². The fraction of sp³-hybridized carbons (Fsp3) is 0.250. The van der Waals surface area contributed by atoms with Crippen molar-refractivity contribution < 1.29 is 4.79 Å². The first-order chi connectivity index (χ1) is 3.31. The summed E-state index contributed by atoms with van der Waals surface area (Å²) in [6, 6.07) is 0. The fourth-order valence-electron chi connectivity index (χ4n) is 0.155.